The van der Waals surface area contributed by atoms with Crippen LogP contribution in [0.15, 0.2) is 42.7 Å². The zero-order valence-corrected chi connectivity index (χ0v) is 18.1. The zero-order valence-electron chi connectivity index (χ0n) is 18.1. The molecule has 1 aliphatic heterocycles. The lowest BCUT2D eigenvalue weighted by Gasteiger charge is -2.24. The number of fused-ring (bicyclic) bond motifs is 2. The SMILES string of the molecule is O=C(NC1CC1)c1cc(Nc2ncc3cccc(OC4CCNCC4)c3n2)cc2[nH]ncc12. The van der Waals surface area contributed by atoms with E-state index in [0.717, 1.165) is 66.3 Å². The molecule has 2 aromatic heterocycles. The molecule has 168 valence electrons. The molecule has 2 aliphatic rings. The molecule has 3 heterocycles. The Hall–Kier alpha value is -3.72. The minimum Gasteiger partial charge on any atom is -0.488 e. The molecule has 2 fully saturated rings. The highest BCUT2D eigenvalue weighted by molar-refractivity contribution is 6.07. The van der Waals surface area contributed by atoms with Crippen LogP contribution >= 0.6 is 0 Å². The van der Waals surface area contributed by atoms with Crippen LogP contribution in [-0.2, 0) is 0 Å². The fourth-order valence-corrected chi connectivity index (χ4v) is 4.21. The molecule has 0 bridgehead atoms. The van der Waals surface area contributed by atoms with Gasteiger partial charge in [-0.25, -0.2) is 9.97 Å². The molecular weight excluding hydrogens is 418 g/mol. The van der Waals surface area contributed by atoms with E-state index in [1.54, 1.807) is 12.4 Å². The molecule has 1 saturated heterocycles. The fourth-order valence-electron chi connectivity index (χ4n) is 4.21. The Kier molecular flexibility index (Phi) is 5.03. The number of nitrogens with zero attached hydrogens (tertiary/aromatic N) is 3. The van der Waals surface area contributed by atoms with E-state index in [2.05, 4.69) is 31.1 Å². The largest absolute Gasteiger partial charge is 0.488 e. The van der Waals surface area contributed by atoms with Crippen molar-refractivity contribution in [2.24, 2.45) is 0 Å². The average molecular weight is 444 g/mol. The summed E-state index contributed by atoms with van der Waals surface area (Å²) in [6, 6.07) is 9.90. The third kappa shape index (κ3) is 4.19. The van der Waals surface area contributed by atoms with Crippen LogP contribution in [0, 0.1) is 0 Å². The van der Waals surface area contributed by atoms with Crippen LogP contribution in [0.5, 0.6) is 5.75 Å². The van der Waals surface area contributed by atoms with Gasteiger partial charge in [0.1, 0.15) is 17.4 Å². The van der Waals surface area contributed by atoms with Crippen LogP contribution in [0.2, 0.25) is 0 Å². The van der Waals surface area contributed by atoms with E-state index >= 15 is 0 Å². The maximum atomic E-state index is 12.8. The summed E-state index contributed by atoms with van der Waals surface area (Å²) in [7, 11) is 0. The quantitative estimate of drug-likeness (QED) is 0.361. The van der Waals surface area contributed by atoms with Crippen LogP contribution in [-0.4, -0.2) is 51.3 Å². The Morgan fingerprint density at radius 3 is 2.82 bits per heavy atom. The Morgan fingerprint density at radius 2 is 1.97 bits per heavy atom. The number of hydrogen-bond acceptors (Lipinski definition) is 7. The molecule has 6 rings (SSSR count). The number of amides is 1. The van der Waals surface area contributed by atoms with Gasteiger partial charge in [-0.2, -0.15) is 5.10 Å². The molecule has 0 unspecified atom stereocenters. The maximum absolute atomic E-state index is 12.8. The normalized spacial score (nSPS) is 16.7. The van der Waals surface area contributed by atoms with E-state index in [9.17, 15) is 4.79 Å². The van der Waals surface area contributed by atoms with Gasteiger partial charge in [0.05, 0.1) is 17.3 Å². The van der Waals surface area contributed by atoms with Gasteiger partial charge in [0, 0.05) is 28.7 Å². The van der Waals surface area contributed by atoms with Crippen molar-refractivity contribution in [3.63, 3.8) is 0 Å². The Bertz CT molecular complexity index is 1330. The van der Waals surface area contributed by atoms with E-state index < -0.39 is 0 Å². The van der Waals surface area contributed by atoms with Crippen LogP contribution in [0.1, 0.15) is 36.0 Å². The predicted octanol–water partition coefficient (Wildman–Crippen LogP) is 3.27. The third-order valence-electron chi connectivity index (χ3n) is 6.13. The Morgan fingerprint density at radius 1 is 1.09 bits per heavy atom. The molecule has 9 heteroatoms. The van der Waals surface area contributed by atoms with Crippen molar-refractivity contribution < 1.29 is 9.53 Å². The van der Waals surface area contributed by atoms with Crippen LogP contribution in [0.25, 0.3) is 21.8 Å². The summed E-state index contributed by atoms with van der Waals surface area (Å²) < 4.78 is 6.29. The minimum absolute atomic E-state index is 0.0929. The highest BCUT2D eigenvalue weighted by Gasteiger charge is 2.25. The van der Waals surface area contributed by atoms with Crippen molar-refractivity contribution in [1.29, 1.82) is 0 Å². The molecule has 1 aliphatic carbocycles. The summed E-state index contributed by atoms with van der Waals surface area (Å²) in [6.07, 6.45) is 7.66. The minimum atomic E-state index is -0.0929. The second-order valence-electron chi connectivity index (χ2n) is 8.68. The van der Waals surface area contributed by atoms with Gasteiger partial charge >= 0.3 is 0 Å². The van der Waals surface area contributed by atoms with Gasteiger partial charge in [-0.05, 0) is 57.0 Å². The predicted molar refractivity (Wildman–Crippen MR) is 126 cm³/mol. The van der Waals surface area contributed by atoms with Gasteiger partial charge in [0.25, 0.3) is 5.91 Å². The molecule has 33 heavy (non-hydrogen) atoms. The number of piperidine rings is 1. The van der Waals surface area contributed by atoms with Gasteiger partial charge in [-0.1, -0.05) is 12.1 Å². The van der Waals surface area contributed by atoms with Crippen molar-refractivity contribution in [2.75, 3.05) is 18.4 Å². The molecule has 0 atom stereocenters. The second-order valence-corrected chi connectivity index (χ2v) is 8.68. The average Bonchev–Trinajstić information content (AvgIpc) is 3.52. The van der Waals surface area contributed by atoms with Crippen molar-refractivity contribution >= 4 is 39.3 Å². The molecule has 4 aromatic rings. The smallest absolute Gasteiger partial charge is 0.252 e. The van der Waals surface area contributed by atoms with Gasteiger partial charge in [-0.15, -0.1) is 0 Å². The number of anilines is 2. The van der Waals surface area contributed by atoms with Gasteiger partial charge < -0.3 is 20.7 Å². The molecule has 4 N–H and O–H groups in total. The molecule has 1 saturated carbocycles. The van der Waals surface area contributed by atoms with E-state index in [-0.39, 0.29) is 18.1 Å². The lowest BCUT2D eigenvalue weighted by molar-refractivity contribution is 0.0952. The number of hydrogen-bond donors (Lipinski definition) is 4. The van der Waals surface area contributed by atoms with Crippen molar-refractivity contribution in [1.82, 2.24) is 30.8 Å². The number of para-hydroxylation sites is 1. The van der Waals surface area contributed by atoms with E-state index in [4.69, 9.17) is 9.72 Å². The van der Waals surface area contributed by atoms with Crippen LogP contribution < -0.4 is 20.7 Å². The summed E-state index contributed by atoms with van der Waals surface area (Å²) in [5.74, 6) is 1.11. The Labute approximate surface area is 190 Å². The summed E-state index contributed by atoms with van der Waals surface area (Å²) >= 11 is 0. The number of H-pyrrole nitrogens is 1. The number of nitrogens with one attached hydrogen (secondary N) is 4. The second kappa shape index (κ2) is 8.32. The van der Waals surface area contributed by atoms with Crippen LogP contribution in [0.4, 0.5) is 11.6 Å². The molecule has 9 nitrogen and oxygen atoms in total. The van der Waals surface area contributed by atoms with E-state index in [1.165, 1.54) is 0 Å². The Balaban J connectivity index is 1.31. The van der Waals surface area contributed by atoms with E-state index in [1.807, 2.05) is 30.3 Å². The summed E-state index contributed by atoms with van der Waals surface area (Å²) in [5, 5.41) is 18.4. The first-order valence-electron chi connectivity index (χ1n) is 11.4. The number of carbonyl (C=O) groups is 1. The first kappa shape index (κ1) is 19.9. The molecule has 1 amide bonds. The number of aromatic nitrogens is 4. The molecule has 2 aromatic carbocycles. The molecular formula is C24H25N7O2. The lowest BCUT2D eigenvalue weighted by atomic mass is 10.1. The number of rotatable bonds is 6. The highest BCUT2D eigenvalue weighted by atomic mass is 16.5. The van der Waals surface area contributed by atoms with Crippen LogP contribution in [0.3, 0.4) is 0 Å². The summed E-state index contributed by atoms with van der Waals surface area (Å²) in [5.41, 5.74) is 2.83. The molecule has 0 radical (unpaired) electrons. The van der Waals surface area contributed by atoms with Crippen molar-refractivity contribution in [3.05, 3.63) is 48.3 Å². The molecule has 0 spiro atoms. The zero-order chi connectivity index (χ0) is 22.2. The highest BCUT2D eigenvalue weighted by Crippen LogP contribution is 2.29. The number of aromatic amines is 1. The summed E-state index contributed by atoms with van der Waals surface area (Å²) in [6.45, 7) is 1.92. The van der Waals surface area contributed by atoms with Gasteiger partial charge in [0.2, 0.25) is 5.95 Å². The maximum Gasteiger partial charge on any atom is 0.252 e. The lowest BCUT2D eigenvalue weighted by Crippen LogP contribution is -2.34. The first-order valence-corrected chi connectivity index (χ1v) is 11.4. The fraction of sp³-hybridized carbons (Fsp3) is 0.333. The van der Waals surface area contributed by atoms with E-state index in [0.29, 0.717) is 17.2 Å². The topological polar surface area (TPSA) is 117 Å². The number of ether oxygens (including phenoxy) is 1. The van der Waals surface area contributed by atoms with Gasteiger partial charge in [0.15, 0.2) is 0 Å². The third-order valence-corrected chi connectivity index (χ3v) is 6.13. The summed E-state index contributed by atoms with van der Waals surface area (Å²) in [4.78, 5) is 22.0. The van der Waals surface area contributed by atoms with Crippen molar-refractivity contribution in [3.8, 4) is 5.75 Å². The number of benzene rings is 2. The van der Waals surface area contributed by atoms with Crippen molar-refractivity contribution in [2.45, 2.75) is 37.8 Å². The standard InChI is InChI=1S/C24H25N7O2/c32-23(28-15-4-5-15)18-10-16(11-20-19(18)13-27-31-20)29-24-26-12-14-2-1-3-21(22(14)30-24)33-17-6-8-25-9-7-17/h1-3,10-13,15,17,25H,4-9H2,(H,27,31)(H,28,32)(H,26,29,30). The number of carbonyl (C=O) groups excluding carboxylic acids is 1. The van der Waals surface area contributed by atoms with Gasteiger partial charge in [-0.3, -0.25) is 9.89 Å². The monoisotopic (exact) mass is 443 g/mol. The first-order chi connectivity index (χ1) is 16.2.